The summed E-state index contributed by atoms with van der Waals surface area (Å²) in [5.41, 5.74) is 8.23. The first-order valence-electron chi connectivity index (χ1n) is 5.35. The van der Waals surface area contributed by atoms with Crippen molar-refractivity contribution in [1.82, 2.24) is 4.90 Å². The van der Waals surface area contributed by atoms with Crippen molar-refractivity contribution in [1.29, 1.82) is 0 Å². The molecule has 0 aliphatic heterocycles. The van der Waals surface area contributed by atoms with Gasteiger partial charge in [0.05, 0.1) is 0 Å². The molecule has 0 aromatic carbocycles. The fourth-order valence-electron chi connectivity index (χ4n) is 1.37. The zero-order valence-electron chi connectivity index (χ0n) is 11.1. The SMILES string of the molecule is CC(C)(C)N(CCP)C(=O)C(=[N+]=[N-])P(C)(C)=O. The Kier molecular flexibility index (Phi) is 5.74. The summed E-state index contributed by atoms with van der Waals surface area (Å²) < 4.78 is 11.9. The lowest BCUT2D eigenvalue weighted by atomic mass is 10.1. The summed E-state index contributed by atoms with van der Waals surface area (Å²) in [6.45, 7) is 9.00. The van der Waals surface area contributed by atoms with Crippen molar-refractivity contribution < 1.29 is 14.1 Å². The quantitative estimate of drug-likeness (QED) is 0.340. The van der Waals surface area contributed by atoms with Crippen LogP contribution in [0.5, 0.6) is 0 Å². The largest absolute Gasteiger partial charge is 0.410 e. The number of carbonyl (C=O) groups excluding carboxylic acids is 1. The van der Waals surface area contributed by atoms with E-state index in [-0.39, 0.29) is 5.45 Å². The van der Waals surface area contributed by atoms with Gasteiger partial charge in [0.15, 0.2) is 7.14 Å². The molecule has 0 spiro atoms. The molecule has 0 rings (SSSR count). The van der Waals surface area contributed by atoms with Crippen LogP contribution in [0, 0.1) is 0 Å². The molecule has 98 valence electrons. The van der Waals surface area contributed by atoms with E-state index in [1.807, 2.05) is 20.8 Å². The van der Waals surface area contributed by atoms with Crippen LogP contribution < -0.4 is 0 Å². The molecule has 0 fully saturated rings. The van der Waals surface area contributed by atoms with Crippen molar-refractivity contribution >= 4 is 27.7 Å². The Bertz CT molecular complexity index is 389. The van der Waals surface area contributed by atoms with Crippen molar-refractivity contribution in [3.05, 3.63) is 5.53 Å². The van der Waals surface area contributed by atoms with Gasteiger partial charge < -0.3 is 15.0 Å². The van der Waals surface area contributed by atoms with E-state index in [1.165, 1.54) is 13.3 Å². The highest BCUT2D eigenvalue weighted by Gasteiger charge is 2.40. The average molecular weight is 277 g/mol. The summed E-state index contributed by atoms with van der Waals surface area (Å²) in [6, 6.07) is 0. The van der Waals surface area contributed by atoms with Crippen LogP contribution in [0.15, 0.2) is 0 Å². The van der Waals surface area contributed by atoms with Gasteiger partial charge in [0, 0.05) is 12.1 Å². The normalized spacial score (nSPS) is 11.9. The smallest absolute Gasteiger partial charge is 0.360 e. The second-order valence-corrected chi connectivity index (χ2v) is 8.89. The molecule has 17 heavy (non-hydrogen) atoms. The number of carbonyl (C=O) groups is 1. The van der Waals surface area contributed by atoms with Gasteiger partial charge >= 0.3 is 11.4 Å². The summed E-state index contributed by atoms with van der Waals surface area (Å²) in [5.74, 6) is -0.462. The zero-order valence-corrected chi connectivity index (χ0v) is 13.1. The molecule has 0 N–H and O–H groups in total. The van der Waals surface area contributed by atoms with E-state index in [9.17, 15) is 9.36 Å². The molecule has 0 aromatic rings. The summed E-state index contributed by atoms with van der Waals surface area (Å²) in [6.07, 6.45) is 0.708. The summed E-state index contributed by atoms with van der Waals surface area (Å²) in [5, 5.41) is 0. The number of rotatable bonds is 4. The minimum atomic E-state index is -2.88. The van der Waals surface area contributed by atoms with Gasteiger partial charge in [-0.3, -0.25) is 4.79 Å². The van der Waals surface area contributed by atoms with Gasteiger partial charge in [-0.05, 0) is 40.3 Å². The molecule has 0 radical (unpaired) electrons. The summed E-state index contributed by atoms with van der Waals surface area (Å²) in [4.78, 5) is 16.7. The number of hydrogen-bond acceptors (Lipinski definition) is 2. The van der Waals surface area contributed by atoms with E-state index in [0.717, 1.165) is 0 Å². The second-order valence-electron chi connectivity index (χ2n) is 5.19. The van der Waals surface area contributed by atoms with Gasteiger partial charge in [0.25, 0.3) is 0 Å². The molecule has 1 unspecified atom stereocenters. The Labute approximate surface area is 105 Å². The highest BCUT2D eigenvalue weighted by Crippen LogP contribution is 2.38. The van der Waals surface area contributed by atoms with E-state index in [0.29, 0.717) is 12.7 Å². The summed E-state index contributed by atoms with van der Waals surface area (Å²) in [7, 11) is -0.338. The lowest BCUT2D eigenvalue weighted by Gasteiger charge is -2.34. The molecular formula is C10H21N3O2P2. The van der Waals surface area contributed by atoms with Crippen LogP contribution in [0.2, 0.25) is 0 Å². The molecule has 0 heterocycles. The van der Waals surface area contributed by atoms with Crippen LogP contribution in [0.3, 0.4) is 0 Å². The van der Waals surface area contributed by atoms with Crippen molar-refractivity contribution in [3.8, 4) is 0 Å². The summed E-state index contributed by atoms with van der Waals surface area (Å²) >= 11 is 0. The predicted molar refractivity (Wildman–Crippen MR) is 74.1 cm³/mol. The third kappa shape index (κ3) is 4.71. The van der Waals surface area contributed by atoms with Crippen LogP contribution in [-0.2, 0) is 9.36 Å². The first-order valence-corrected chi connectivity index (χ1v) is 8.77. The maximum Gasteiger partial charge on any atom is 0.410 e. The minimum absolute atomic E-state index is 0.245. The highest BCUT2D eigenvalue weighted by molar-refractivity contribution is 7.81. The molecule has 0 bridgehead atoms. The third-order valence-corrected chi connectivity index (χ3v) is 3.76. The van der Waals surface area contributed by atoms with E-state index in [2.05, 4.69) is 14.0 Å². The molecule has 7 heteroatoms. The topological polar surface area (TPSA) is 73.8 Å². The molecule has 0 aliphatic rings. The van der Waals surface area contributed by atoms with Crippen LogP contribution in [0.4, 0.5) is 0 Å². The number of nitrogens with zero attached hydrogens (tertiary/aromatic N) is 3. The molecule has 1 amide bonds. The molecule has 0 aliphatic carbocycles. The van der Waals surface area contributed by atoms with Crippen LogP contribution >= 0.6 is 16.4 Å². The third-order valence-electron chi connectivity index (χ3n) is 2.20. The lowest BCUT2D eigenvalue weighted by Crippen LogP contribution is -2.49. The Balaban J connectivity index is 5.38. The molecule has 1 atom stereocenters. The van der Waals surface area contributed by atoms with Crippen LogP contribution in [0.25, 0.3) is 5.53 Å². The minimum Gasteiger partial charge on any atom is -0.360 e. The maximum absolute atomic E-state index is 12.2. The molecule has 0 saturated carbocycles. The molecular weight excluding hydrogens is 256 g/mol. The zero-order chi connectivity index (χ0) is 13.9. The van der Waals surface area contributed by atoms with Crippen molar-refractivity contribution in [2.45, 2.75) is 26.3 Å². The van der Waals surface area contributed by atoms with Crippen LogP contribution in [0.1, 0.15) is 20.8 Å². The first-order chi connectivity index (χ1) is 7.55. The van der Waals surface area contributed by atoms with Gasteiger partial charge in [-0.25, -0.2) is 0 Å². The van der Waals surface area contributed by atoms with E-state index >= 15 is 0 Å². The number of hydrogen-bond donors (Lipinski definition) is 0. The van der Waals surface area contributed by atoms with Gasteiger partial charge in [0.2, 0.25) is 0 Å². The van der Waals surface area contributed by atoms with E-state index in [1.54, 1.807) is 4.90 Å². The van der Waals surface area contributed by atoms with Gasteiger partial charge in [-0.1, -0.05) is 0 Å². The average Bonchev–Trinajstić information content (AvgIpc) is 2.10. The Morgan fingerprint density at radius 2 is 1.88 bits per heavy atom. The van der Waals surface area contributed by atoms with Gasteiger partial charge in [-0.2, -0.15) is 4.79 Å². The monoisotopic (exact) mass is 277 g/mol. The standard InChI is InChI=1S/C10H21N3O2P2/c1-10(2,3)13(6-7-16)9(14)8(12-11)17(4,5)15/h6-7,16H2,1-5H3. The van der Waals surface area contributed by atoms with Crippen molar-refractivity contribution in [2.75, 3.05) is 26.0 Å². The van der Waals surface area contributed by atoms with E-state index in [4.69, 9.17) is 5.53 Å². The predicted octanol–water partition coefficient (Wildman–Crippen LogP) is 1.74. The Hall–Kier alpha value is -0.490. The van der Waals surface area contributed by atoms with E-state index < -0.39 is 18.6 Å². The first kappa shape index (κ1) is 16.5. The highest BCUT2D eigenvalue weighted by atomic mass is 31.2. The molecule has 5 nitrogen and oxygen atoms in total. The van der Waals surface area contributed by atoms with Crippen LogP contribution in [-0.4, -0.2) is 52.6 Å². The Morgan fingerprint density at radius 3 is 2.12 bits per heavy atom. The number of amides is 1. The Morgan fingerprint density at radius 1 is 1.41 bits per heavy atom. The van der Waals surface area contributed by atoms with Crippen molar-refractivity contribution in [3.63, 3.8) is 0 Å². The van der Waals surface area contributed by atoms with Crippen molar-refractivity contribution in [2.24, 2.45) is 0 Å². The van der Waals surface area contributed by atoms with Gasteiger partial charge in [0.1, 0.15) is 0 Å². The molecule has 0 saturated heterocycles. The maximum atomic E-state index is 12.2. The fourth-order valence-corrected chi connectivity index (χ4v) is 2.43. The fraction of sp³-hybridized carbons (Fsp3) is 0.800. The van der Waals surface area contributed by atoms with Gasteiger partial charge in [-0.15, -0.1) is 9.24 Å². The molecule has 0 aromatic heterocycles. The lowest BCUT2D eigenvalue weighted by molar-refractivity contribution is -0.132. The second kappa shape index (κ2) is 5.91.